The molecule has 1 heterocycles. The van der Waals surface area contributed by atoms with E-state index in [-0.39, 0.29) is 24.4 Å². The van der Waals surface area contributed by atoms with Crippen LogP contribution >= 0.6 is 23.2 Å². The quantitative estimate of drug-likeness (QED) is 0.752. The van der Waals surface area contributed by atoms with Crippen LogP contribution in [-0.2, 0) is 21.4 Å². The molecule has 0 N–H and O–H groups in total. The van der Waals surface area contributed by atoms with Crippen molar-refractivity contribution >= 4 is 39.1 Å². The standard InChI is InChI=1S/C17H24Cl2N2O3S/c1-12(2)21(10-13-6-7-15(18)16(19)9-13)17(22)14-5-4-8-20(11-14)25(3,23)24/h6-7,9,12,14H,4-5,8,10-11H2,1-3H3. The minimum absolute atomic E-state index is 0.00411. The van der Waals surface area contributed by atoms with E-state index >= 15 is 0 Å². The van der Waals surface area contributed by atoms with Crippen molar-refractivity contribution in [1.29, 1.82) is 0 Å². The number of carbonyl (C=O) groups is 1. The van der Waals surface area contributed by atoms with Crippen molar-refractivity contribution in [2.24, 2.45) is 5.92 Å². The highest BCUT2D eigenvalue weighted by molar-refractivity contribution is 7.88. The first-order valence-electron chi connectivity index (χ1n) is 8.29. The van der Waals surface area contributed by atoms with Crippen LogP contribution in [0.3, 0.4) is 0 Å². The lowest BCUT2D eigenvalue weighted by molar-refractivity contribution is -0.139. The molecule has 0 saturated carbocycles. The van der Waals surface area contributed by atoms with Crippen molar-refractivity contribution in [1.82, 2.24) is 9.21 Å². The smallest absolute Gasteiger partial charge is 0.227 e. The van der Waals surface area contributed by atoms with E-state index in [1.165, 1.54) is 10.6 Å². The average Bonchev–Trinajstić information content (AvgIpc) is 2.54. The van der Waals surface area contributed by atoms with Gasteiger partial charge >= 0.3 is 0 Å². The normalized spacial score (nSPS) is 19.2. The van der Waals surface area contributed by atoms with Crippen LogP contribution in [-0.4, -0.2) is 48.9 Å². The third kappa shape index (κ3) is 5.33. The third-order valence-electron chi connectivity index (χ3n) is 4.45. The van der Waals surface area contributed by atoms with Crippen molar-refractivity contribution in [3.8, 4) is 0 Å². The van der Waals surface area contributed by atoms with Gasteiger partial charge in [0.15, 0.2) is 0 Å². The molecule has 0 aromatic heterocycles. The zero-order valence-electron chi connectivity index (χ0n) is 14.7. The summed E-state index contributed by atoms with van der Waals surface area (Å²) in [5, 5.41) is 0.931. The lowest BCUT2D eigenvalue weighted by atomic mass is 9.97. The van der Waals surface area contributed by atoms with Gasteiger partial charge < -0.3 is 4.90 Å². The van der Waals surface area contributed by atoms with Crippen LogP contribution in [0.25, 0.3) is 0 Å². The van der Waals surface area contributed by atoms with E-state index in [0.717, 1.165) is 5.56 Å². The summed E-state index contributed by atoms with van der Waals surface area (Å²) in [5.41, 5.74) is 0.896. The monoisotopic (exact) mass is 406 g/mol. The Balaban J connectivity index is 2.16. The molecule has 1 amide bonds. The van der Waals surface area contributed by atoms with Gasteiger partial charge in [0.2, 0.25) is 15.9 Å². The van der Waals surface area contributed by atoms with E-state index in [2.05, 4.69) is 0 Å². The lowest BCUT2D eigenvalue weighted by Gasteiger charge is -2.35. The van der Waals surface area contributed by atoms with E-state index in [0.29, 0.717) is 36.0 Å². The Morgan fingerprint density at radius 2 is 2.00 bits per heavy atom. The lowest BCUT2D eigenvalue weighted by Crippen LogP contribution is -2.48. The summed E-state index contributed by atoms with van der Waals surface area (Å²) >= 11 is 12.0. The van der Waals surface area contributed by atoms with Crippen molar-refractivity contribution < 1.29 is 13.2 Å². The maximum atomic E-state index is 13.0. The Morgan fingerprint density at radius 1 is 1.32 bits per heavy atom. The Bertz CT molecular complexity index is 737. The second-order valence-corrected chi connectivity index (χ2v) is 9.57. The first-order valence-corrected chi connectivity index (χ1v) is 10.9. The SMILES string of the molecule is CC(C)N(Cc1ccc(Cl)c(Cl)c1)C(=O)C1CCCN(S(C)(=O)=O)C1. The van der Waals surface area contributed by atoms with Crippen LogP contribution in [0.1, 0.15) is 32.3 Å². The van der Waals surface area contributed by atoms with Gasteiger partial charge in [0, 0.05) is 25.7 Å². The van der Waals surface area contributed by atoms with Gasteiger partial charge in [0.25, 0.3) is 0 Å². The molecule has 0 radical (unpaired) electrons. The third-order valence-corrected chi connectivity index (χ3v) is 6.45. The maximum Gasteiger partial charge on any atom is 0.227 e. The highest BCUT2D eigenvalue weighted by Gasteiger charge is 2.33. The van der Waals surface area contributed by atoms with Crippen molar-refractivity contribution in [2.45, 2.75) is 39.3 Å². The summed E-state index contributed by atoms with van der Waals surface area (Å²) in [6.45, 7) is 5.06. The molecule has 1 aliphatic heterocycles. The number of sulfonamides is 1. The molecule has 1 aromatic carbocycles. The van der Waals surface area contributed by atoms with Gasteiger partial charge in [0.05, 0.1) is 22.2 Å². The molecule has 1 fully saturated rings. The zero-order valence-corrected chi connectivity index (χ0v) is 17.0. The average molecular weight is 407 g/mol. The molecular weight excluding hydrogens is 383 g/mol. The van der Waals surface area contributed by atoms with E-state index in [1.807, 2.05) is 19.9 Å². The van der Waals surface area contributed by atoms with Crippen molar-refractivity contribution in [2.75, 3.05) is 19.3 Å². The molecule has 1 atom stereocenters. The minimum atomic E-state index is -3.28. The van der Waals surface area contributed by atoms with E-state index in [1.54, 1.807) is 17.0 Å². The molecule has 0 spiro atoms. The van der Waals surface area contributed by atoms with Crippen LogP contribution in [0.4, 0.5) is 0 Å². The Morgan fingerprint density at radius 3 is 2.56 bits per heavy atom. The van der Waals surface area contributed by atoms with Crippen molar-refractivity contribution in [3.63, 3.8) is 0 Å². The Labute approximate surface area is 159 Å². The van der Waals surface area contributed by atoms with Crippen LogP contribution < -0.4 is 0 Å². The van der Waals surface area contributed by atoms with Gasteiger partial charge in [-0.3, -0.25) is 4.79 Å². The zero-order chi connectivity index (χ0) is 18.8. The van der Waals surface area contributed by atoms with E-state index in [4.69, 9.17) is 23.2 Å². The summed E-state index contributed by atoms with van der Waals surface area (Å²) in [6.07, 6.45) is 2.59. The van der Waals surface area contributed by atoms with Crippen LogP contribution in [0, 0.1) is 5.92 Å². The fourth-order valence-corrected chi connectivity index (χ4v) is 4.26. The van der Waals surface area contributed by atoms with Crippen LogP contribution in [0.5, 0.6) is 0 Å². The molecule has 1 unspecified atom stereocenters. The number of nitrogens with zero attached hydrogens (tertiary/aromatic N) is 2. The topological polar surface area (TPSA) is 57.7 Å². The van der Waals surface area contributed by atoms with Crippen LogP contribution in [0.2, 0.25) is 10.0 Å². The van der Waals surface area contributed by atoms with Crippen LogP contribution in [0.15, 0.2) is 18.2 Å². The highest BCUT2D eigenvalue weighted by atomic mass is 35.5. The summed E-state index contributed by atoms with van der Waals surface area (Å²) in [5.74, 6) is -0.330. The number of amides is 1. The molecule has 140 valence electrons. The molecule has 2 rings (SSSR count). The van der Waals surface area contributed by atoms with E-state index in [9.17, 15) is 13.2 Å². The Kier molecular flexibility index (Phi) is 6.76. The molecule has 1 aromatic rings. The summed E-state index contributed by atoms with van der Waals surface area (Å²) < 4.78 is 25.0. The largest absolute Gasteiger partial charge is 0.336 e. The number of piperidine rings is 1. The number of benzene rings is 1. The number of rotatable bonds is 5. The van der Waals surface area contributed by atoms with Gasteiger partial charge in [-0.1, -0.05) is 29.3 Å². The summed E-state index contributed by atoms with van der Waals surface area (Å²) in [6, 6.07) is 5.32. The number of halogens is 2. The number of hydrogen-bond acceptors (Lipinski definition) is 3. The predicted molar refractivity (Wildman–Crippen MR) is 101 cm³/mol. The molecule has 0 bridgehead atoms. The Hall–Kier alpha value is -0.820. The molecule has 25 heavy (non-hydrogen) atoms. The van der Waals surface area contributed by atoms with Crippen molar-refractivity contribution in [3.05, 3.63) is 33.8 Å². The van der Waals surface area contributed by atoms with E-state index < -0.39 is 10.0 Å². The first kappa shape index (κ1) is 20.5. The summed E-state index contributed by atoms with van der Waals surface area (Å²) in [4.78, 5) is 14.8. The molecule has 1 aliphatic rings. The fourth-order valence-electron chi connectivity index (χ4n) is 3.03. The molecular formula is C17H24Cl2N2O3S. The highest BCUT2D eigenvalue weighted by Crippen LogP contribution is 2.26. The molecule has 5 nitrogen and oxygen atoms in total. The van der Waals surface area contributed by atoms with Gasteiger partial charge in [-0.25, -0.2) is 12.7 Å². The second kappa shape index (κ2) is 8.25. The predicted octanol–water partition coefficient (Wildman–Crippen LogP) is 3.40. The van der Waals surface area contributed by atoms with Gasteiger partial charge in [-0.15, -0.1) is 0 Å². The number of hydrogen-bond donors (Lipinski definition) is 0. The molecule has 0 aliphatic carbocycles. The maximum absolute atomic E-state index is 13.0. The minimum Gasteiger partial charge on any atom is -0.336 e. The molecule has 8 heteroatoms. The summed E-state index contributed by atoms with van der Waals surface area (Å²) in [7, 11) is -3.28. The molecule has 1 saturated heterocycles. The van der Waals surface area contributed by atoms with Gasteiger partial charge in [-0.2, -0.15) is 0 Å². The van der Waals surface area contributed by atoms with Gasteiger partial charge in [0.1, 0.15) is 0 Å². The second-order valence-electron chi connectivity index (χ2n) is 6.77. The fraction of sp³-hybridized carbons (Fsp3) is 0.588. The van der Waals surface area contributed by atoms with Gasteiger partial charge in [-0.05, 0) is 44.4 Å². The first-order chi connectivity index (χ1) is 11.6. The number of carbonyl (C=O) groups excluding carboxylic acids is 1.